The number of rotatable bonds is 6. The summed E-state index contributed by atoms with van der Waals surface area (Å²) in [5.41, 5.74) is 0. The summed E-state index contributed by atoms with van der Waals surface area (Å²) in [6.45, 7) is 2.30. The van der Waals surface area contributed by atoms with Gasteiger partial charge in [0, 0.05) is 16.7 Å². The van der Waals surface area contributed by atoms with Crippen molar-refractivity contribution in [1.82, 2.24) is 5.32 Å². The molecule has 3 unspecified atom stereocenters. The number of thioether (sulfide) groups is 1. The second-order valence-electron chi connectivity index (χ2n) is 5.84. The normalized spacial score (nSPS) is 24.6. The monoisotopic (exact) mass is 295 g/mol. The third kappa shape index (κ3) is 4.23. The van der Waals surface area contributed by atoms with Gasteiger partial charge in [0.25, 0.3) is 0 Å². The molecule has 1 aromatic carbocycles. The lowest BCUT2D eigenvalue weighted by Gasteiger charge is -2.34. The van der Waals surface area contributed by atoms with Crippen LogP contribution in [-0.4, -0.2) is 18.8 Å². The highest BCUT2D eigenvalue weighted by molar-refractivity contribution is 7.99. The smallest absolute Gasteiger partial charge is 0.136 e. The first-order valence-electron chi connectivity index (χ1n) is 7.79. The Bertz CT molecular complexity index is 410. The summed E-state index contributed by atoms with van der Waals surface area (Å²) in [6, 6.07) is 7.58. The maximum Gasteiger partial charge on any atom is 0.136 e. The van der Waals surface area contributed by atoms with Gasteiger partial charge >= 0.3 is 0 Å². The maximum absolute atomic E-state index is 13.7. The second-order valence-corrected chi connectivity index (χ2v) is 6.90. The van der Waals surface area contributed by atoms with Crippen LogP contribution in [0.3, 0.4) is 0 Å². The molecule has 2 rings (SSSR count). The number of hydrogen-bond donors (Lipinski definition) is 1. The van der Waals surface area contributed by atoms with Crippen LogP contribution in [0.5, 0.6) is 0 Å². The van der Waals surface area contributed by atoms with Gasteiger partial charge < -0.3 is 5.32 Å². The fourth-order valence-electron chi connectivity index (χ4n) is 3.27. The van der Waals surface area contributed by atoms with Crippen LogP contribution in [0.15, 0.2) is 29.2 Å². The minimum absolute atomic E-state index is 0.0950. The molecule has 0 aromatic heterocycles. The van der Waals surface area contributed by atoms with Gasteiger partial charge in [-0.05, 0) is 43.9 Å². The van der Waals surface area contributed by atoms with Crippen molar-refractivity contribution < 1.29 is 4.39 Å². The molecule has 3 heteroatoms. The Labute approximate surface area is 126 Å². The molecule has 1 aliphatic carbocycles. The van der Waals surface area contributed by atoms with Crippen molar-refractivity contribution in [2.75, 3.05) is 12.8 Å². The quantitative estimate of drug-likeness (QED) is 0.762. The third-order valence-corrected chi connectivity index (χ3v) is 5.76. The van der Waals surface area contributed by atoms with Crippen LogP contribution in [0.4, 0.5) is 4.39 Å². The summed E-state index contributed by atoms with van der Waals surface area (Å²) in [7, 11) is 2.04. The van der Waals surface area contributed by atoms with Crippen molar-refractivity contribution in [2.24, 2.45) is 11.8 Å². The molecule has 1 fully saturated rings. The lowest BCUT2D eigenvalue weighted by atomic mass is 9.77. The fourth-order valence-corrected chi connectivity index (χ4v) is 4.44. The summed E-state index contributed by atoms with van der Waals surface area (Å²) in [4.78, 5) is 0.774. The Hall–Kier alpha value is -0.540. The average Bonchev–Trinajstić information content (AvgIpc) is 2.50. The van der Waals surface area contributed by atoms with E-state index in [0.29, 0.717) is 6.04 Å². The number of halogens is 1. The van der Waals surface area contributed by atoms with E-state index in [1.54, 1.807) is 23.9 Å². The molecule has 1 aromatic rings. The molecule has 1 nitrogen and oxygen atoms in total. The van der Waals surface area contributed by atoms with Crippen LogP contribution in [0.25, 0.3) is 0 Å². The first-order valence-corrected chi connectivity index (χ1v) is 8.77. The molecule has 0 aliphatic heterocycles. The molecule has 1 aliphatic rings. The molecule has 1 N–H and O–H groups in total. The highest BCUT2D eigenvalue weighted by Gasteiger charge is 2.27. The molecule has 1 saturated carbocycles. The summed E-state index contributed by atoms with van der Waals surface area (Å²) >= 11 is 1.64. The van der Waals surface area contributed by atoms with Gasteiger partial charge in [-0.1, -0.05) is 38.3 Å². The van der Waals surface area contributed by atoms with Crippen LogP contribution in [0, 0.1) is 17.7 Å². The van der Waals surface area contributed by atoms with E-state index in [1.165, 1.54) is 32.1 Å². The lowest BCUT2D eigenvalue weighted by Crippen LogP contribution is -2.38. The van der Waals surface area contributed by atoms with E-state index in [2.05, 4.69) is 12.2 Å². The molecule has 112 valence electrons. The largest absolute Gasteiger partial charge is 0.316 e. The van der Waals surface area contributed by atoms with Gasteiger partial charge in [-0.2, -0.15) is 0 Å². The Morgan fingerprint density at radius 3 is 2.85 bits per heavy atom. The van der Waals surface area contributed by atoms with Crippen molar-refractivity contribution in [3.63, 3.8) is 0 Å². The standard InChI is InChI=1S/C17H26FNS/c1-3-13-7-6-8-14(11-13)16(19-2)12-20-17-10-5-4-9-15(17)18/h4-5,9-10,13-14,16,19H,3,6-8,11-12H2,1-2H3. The van der Waals surface area contributed by atoms with E-state index in [9.17, 15) is 4.39 Å². The molecule has 0 spiro atoms. The Morgan fingerprint density at radius 1 is 1.35 bits per heavy atom. The van der Waals surface area contributed by atoms with E-state index in [1.807, 2.05) is 19.2 Å². The van der Waals surface area contributed by atoms with Crippen molar-refractivity contribution >= 4 is 11.8 Å². The zero-order chi connectivity index (χ0) is 14.4. The highest BCUT2D eigenvalue weighted by Crippen LogP contribution is 2.34. The number of nitrogens with one attached hydrogen (secondary N) is 1. The summed E-state index contributed by atoms with van der Waals surface area (Å²) in [5, 5.41) is 3.46. The average molecular weight is 295 g/mol. The van der Waals surface area contributed by atoms with Gasteiger partial charge in [0.2, 0.25) is 0 Å². The van der Waals surface area contributed by atoms with Gasteiger partial charge in [0.15, 0.2) is 0 Å². The van der Waals surface area contributed by atoms with Crippen molar-refractivity contribution in [1.29, 1.82) is 0 Å². The maximum atomic E-state index is 13.7. The Morgan fingerprint density at radius 2 is 2.15 bits per heavy atom. The van der Waals surface area contributed by atoms with E-state index >= 15 is 0 Å². The van der Waals surface area contributed by atoms with Gasteiger partial charge in [-0.3, -0.25) is 0 Å². The molecule has 0 heterocycles. The molecular weight excluding hydrogens is 269 g/mol. The fraction of sp³-hybridized carbons (Fsp3) is 0.647. The zero-order valence-corrected chi connectivity index (χ0v) is 13.4. The predicted octanol–water partition coefficient (Wildman–Crippen LogP) is 4.72. The number of benzene rings is 1. The topological polar surface area (TPSA) is 12.0 Å². The molecule has 3 atom stereocenters. The minimum atomic E-state index is -0.0950. The Kier molecular flexibility index (Phi) is 6.37. The molecule has 0 saturated heterocycles. The van der Waals surface area contributed by atoms with Crippen LogP contribution >= 0.6 is 11.8 Å². The zero-order valence-electron chi connectivity index (χ0n) is 12.6. The predicted molar refractivity (Wildman–Crippen MR) is 85.7 cm³/mol. The van der Waals surface area contributed by atoms with Gasteiger partial charge in [0.05, 0.1) is 0 Å². The summed E-state index contributed by atoms with van der Waals surface area (Å²) in [5.74, 6) is 2.50. The van der Waals surface area contributed by atoms with E-state index in [0.717, 1.165) is 22.5 Å². The summed E-state index contributed by atoms with van der Waals surface area (Å²) in [6.07, 6.45) is 6.70. The second kappa shape index (κ2) is 8.04. The van der Waals surface area contributed by atoms with Gasteiger partial charge in [0.1, 0.15) is 5.82 Å². The lowest BCUT2D eigenvalue weighted by molar-refractivity contribution is 0.223. The Balaban J connectivity index is 1.90. The SMILES string of the molecule is CCC1CCCC(C(CSc2ccccc2F)NC)C1. The van der Waals surface area contributed by atoms with E-state index in [-0.39, 0.29) is 5.82 Å². The van der Waals surface area contributed by atoms with E-state index in [4.69, 9.17) is 0 Å². The van der Waals surface area contributed by atoms with Gasteiger partial charge in [-0.15, -0.1) is 11.8 Å². The van der Waals surface area contributed by atoms with Crippen LogP contribution in [0.1, 0.15) is 39.0 Å². The van der Waals surface area contributed by atoms with Crippen molar-refractivity contribution in [3.05, 3.63) is 30.1 Å². The first kappa shape index (κ1) is 15.8. The molecule has 0 amide bonds. The van der Waals surface area contributed by atoms with Crippen molar-refractivity contribution in [3.8, 4) is 0 Å². The van der Waals surface area contributed by atoms with Crippen LogP contribution < -0.4 is 5.32 Å². The molecular formula is C17H26FNS. The first-order chi connectivity index (χ1) is 9.74. The minimum Gasteiger partial charge on any atom is -0.316 e. The van der Waals surface area contributed by atoms with Gasteiger partial charge in [-0.25, -0.2) is 4.39 Å². The van der Waals surface area contributed by atoms with Crippen molar-refractivity contribution in [2.45, 2.75) is 50.0 Å². The molecule has 20 heavy (non-hydrogen) atoms. The van der Waals surface area contributed by atoms with E-state index < -0.39 is 0 Å². The third-order valence-electron chi connectivity index (χ3n) is 4.60. The highest BCUT2D eigenvalue weighted by atomic mass is 32.2. The number of hydrogen-bond acceptors (Lipinski definition) is 2. The van der Waals surface area contributed by atoms with Crippen LogP contribution in [0.2, 0.25) is 0 Å². The molecule has 0 bridgehead atoms. The van der Waals surface area contributed by atoms with Crippen LogP contribution in [-0.2, 0) is 0 Å². The molecule has 0 radical (unpaired) electrons. The summed E-state index contributed by atoms with van der Waals surface area (Å²) < 4.78 is 13.7.